The second kappa shape index (κ2) is 8.03. The molecule has 0 heterocycles. The van der Waals surface area contributed by atoms with Gasteiger partial charge in [0.25, 0.3) is 0 Å². The van der Waals surface area contributed by atoms with Crippen LogP contribution in [0.3, 0.4) is 0 Å². The molecule has 0 unspecified atom stereocenters. The normalized spacial score (nSPS) is 11.1. The Morgan fingerprint density at radius 3 is 2.00 bits per heavy atom. The van der Waals surface area contributed by atoms with Gasteiger partial charge in [-0.3, -0.25) is 9.59 Å². The Morgan fingerprint density at radius 1 is 0.962 bits per heavy atom. The third kappa shape index (κ3) is 5.61. The first kappa shape index (κ1) is 19.5. The zero-order chi connectivity index (χ0) is 19.3. The van der Waals surface area contributed by atoms with Crippen molar-refractivity contribution in [3.05, 3.63) is 65.2 Å². The number of hydrogen-bond acceptors (Lipinski definition) is 2. The van der Waals surface area contributed by atoms with Crippen LogP contribution in [-0.2, 0) is 28.7 Å². The van der Waals surface area contributed by atoms with E-state index < -0.39 is 11.7 Å². The minimum atomic E-state index is -4.37. The molecule has 7 heteroatoms. The fraction of sp³-hybridized carbons (Fsp3) is 0.263. The molecular formula is C19H19F3N2O2. The minimum Gasteiger partial charge on any atom is -0.341 e. The van der Waals surface area contributed by atoms with Crippen LogP contribution < -0.4 is 5.32 Å². The molecule has 2 amide bonds. The summed E-state index contributed by atoms with van der Waals surface area (Å²) in [7, 11) is 1.60. The van der Waals surface area contributed by atoms with Crippen LogP contribution in [0.15, 0.2) is 48.5 Å². The molecule has 0 saturated heterocycles. The summed E-state index contributed by atoms with van der Waals surface area (Å²) in [6.45, 7) is 1.63. The summed E-state index contributed by atoms with van der Waals surface area (Å²) < 4.78 is 37.7. The third-order valence-corrected chi connectivity index (χ3v) is 3.76. The fourth-order valence-corrected chi connectivity index (χ4v) is 2.38. The van der Waals surface area contributed by atoms with E-state index in [2.05, 4.69) is 5.32 Å². The molecule has 1 N–H and O–H groups in total. The number of rotatable bonds is 5. The van der Waals surface area contributed by atoms with E-state index in [1.165, 1.54) is 24.0 Å². The quantitative estimate of drug-likeness (QED) is 0.876. The summed E-state index contributed by atoms with van der Waals surface area (Å²) in [5.74, 6) is -0.331. The van der Waals surface area contributed by atoms with Gasteiger partial charge >= 0.3 is 6.18 Å². The number of halogens is 3. The summed E-state index contributed by atoms with van der Waals surface area (Å²) in [6, 6.07) is 11.7. The molecule has 2 aromatic rings. The smallest absolute Gasteiger partial charge is 0.341 e. The topological polar surface area (TPSA) is 49.4 Å². The van der Waals surface area contributed by atoms with Crippen molar-refractivity contribution in [2.45, 2.75) is 26.1 Å². The Labute approximate surface area is 149 Å². The summed E-state index contributed by atoms with van der Waals surface area (Å²) in [6.07, 6.45) is -4.21. The second-order valence-corrected chi connectivity index (χ2v) is 6.00. The molecule has 0 aliphatic heterocycles. The molecule has 0 saturated carbocycles. The van der Waals surface area contributed by atoms with Gasteiger partial charge in [-0.05, 0) is 35.4 Å². The van der Waals surface area contributed by atoms with Crippen LogP contribution in [0.25, 0.3) is 0 Å². The van der Waals surface area contributed by atoms with Gasteiger partial charge in [-0.25, -0.2) is 0 Å². The van der Waals surface area contributed by atoms with Gasteiger partial charge < -0.3 is 10.2 Å². The lowest BCUT2D eigenvalue weighted by Gasteiger charge is -2.18. The standard InChI is InChI=1S/C19H19F3N2O2/c1-13(25)23-17-9-5-14(6-10-17)11-18(26)24(2)12-15-3-7-16(8-4-15)19(20,21)22/h3-10H,11-12H2,1-2H3,(H,23,25). The maximum Gasteiger partial charge on any atom is 0.416 e. The summed E-state index contributed by atoms with van der Waals surface area (Å²) in [5.41, 5.74) is 1.33. The molecule has 138 valence electrons. The number of amides is 2. The molecule has 0 atom stereocenters. The maximum absolute atomic E-state index is 12.6. The summed E-state index contributed by atoms with van der Waals surface area (Å²) in [4.78, 5) is 24.7. The van der Waals surface area contributed by atoms with Gasteiger partial charge in [-0.1, -0.05) is 24.3 Å². The van der Waals surface area contributed by atoms with Gasteiger partial charge in [0.05, 0.1) is 12.0 Å². The molecule has 26 heavy (non-hydrogen) atoms. The average Bonchev–Trinajstić information content (AvgIpc) is 2.55. The van der Waals surface area contributed by atoms with Gasteiger partial charge in [-0.2, -0.15) is 13.2 Å². The van der Waals surface area contributed by atoms with Crippen LogP contribution in [0.5, 0.6) is 0 Å². The Morgan fingerprint density at radius 2 is 1.50 bits per heavy atom. The molecule has 0 aliphatic carbocycles. The number of alkyl halides is 3. The first-order chi connectivity index (χ1) is 12.1. The lowest BCUT2D eigenvalue weighted by atomic mass is 10.1. The van der Waals surface area contributed by atoms with Crippen molar-refractivity contribution in [3.8, 4) is 0 Å². The van der Waals surface area contributed by atoms with Crippen molar-refractivity contribution >= 4 is 17.5 Å². The molecule has 0 spiro atoms. The molecule has 0 aromatic heterocycles. The summed E-state index contributed by atoms with van der Waals surface area (Å²) >= 11 is 0. The van der Waals surface area contributed by atoms with E-state index in [-0.39, 0.29) is 24.8 Å². The van der Waals surface area contributed by atoms with Gasteiger partial charge in [0.1, 0.15) is 0 Å². The Kier molecular flexibility index (Phi) is 6.02. The number of hydrogen-bond donors (Lipinski definition) is 1. The lowest BCUT2D eigenvalue weighted by molar-refractivity contribution is -0.137. The van der Waals surface area contributed by atoms with Crippen molar-refractivity contribution in [1.82, 2.24) is 4.90 Å². The molecular weight excluding hydrogens is 345 g/mol. The second-order valence-electron chi connectivity index (χ2n) is 6.00. The molecule has 4 nitrogen and oxygen atoms in total. The van der Waals surface area contributed by atoms with Gasteiger partial charge in [0.15, 0.2) is 0 Å². The van der Waals surface area contributed by atoms with E-state index in [1.807, 2.05) is 0 Å². The predicted octanol–water partition coefficient (Wildman–Crippen LogP) is 3.86. The number of carbonyl (C=O) groups excluding carboxylic acids is 2. The van der Waals surface area contributed by atoms with E-state index in [9.17, 15) is 22.8 Å². The maximum atomic E-state index is 12.6. The Hall–Kier alpha value is -2.83. The highest BCUT2D eigenvalue weighted by Crippen LogP contribution is 2.29. The fourth-order valence-electron chi connectivity index (χ4n) is 2.38. The molecule has 0 fully saturated rings. The van der Waals surface area contributed by atoms with Gasteiger partial charge in [-0.15, -0.1) is 0 Å². The zero-order valence-corrected chi connectivity index (χ0v) is 14.4. The van der Waals surface area contributed by atoms with E-state index in [4.69, 9.17) is 0 Å². The third-order valence-electron chi connectivity index (χ3n) is 3.76. The highest BCUT2D eigenvalue weighted by molar-refractivity contribution is 5.88. The molecule has 0 radical (unpaired) electrons. The molecule has 2 rings (SSSR count). The first-order valence-electron chi connectivity index (χ1n) is 7.92. The largest absolute Gasteiger partial charge is 0.416 e. The number of benzene rings is 2. The van der Waals surface area contributed by atoms with Crippen molar-refractivity contribution in [2.75, 3.05) is 12.4 Å². The zero-order valence-electron chi connectivity index (χ0n) is 14.4. The van der Waals surface area contributed by atoms with E-state index >= 15 is 0 Å². The molecule has 2 aromatic carbocycles. The SMILES string of the molecule is CC(=O)Nc1ccc(CC(=O)N(C)Cc2ccc(C(F)(F)F)cc2)cc1. The average molecular weight is 364 g/mol. The van der Waals surface area contributed by atoms with Crippen molar-refractivity contribution in [3.63, 3.8) is 0 Å². The number of nitrogens with zero attached hydrogens (tertiary/aromatic N) is 1. The lowest BCUT2D eigenvalue weighted by Crippen LogP contribution is -2.27. The Balaban J connectivity index is 1.94. The van der Waals surface area contributed by atoms with E-state index in [0.717, 1.165) is 17.7 Å². The Bertz CT molecular complexity index is 769. The van der Waals surface area contributed by atoms with Crippen molar-refractivity contribution < 1.29 is 22.8 Å². The number of nitrogens with one attached hydrogen (secondary N) is 1. The van der Waals surface area contributed by atoms with Crippen LogP contribution in [0, 0.1) is 0 Å². The number of likely N-dealkylation sites (N-methyl/N-ethyl adjacent to an activating group) is 1. The molecule has 0 aliphatic rings. The van der Waals surface area contributed by atoms with Gasteiger partial charge in [0, 0.05) is 26.2 Å². The van der Waals surface area contributed by atoms with Crippen molar-refractivity contribution in [2.24, 2.45) is 0 Å². The van der Waals surface area contributed by atoms with Crippen LogP contribution in [0.4, 0.5) is 18.9 Å². The number of carbonyl (C=O) groups is 2. The highest BCUT2D eigenvalue weighted by atomic mass is 19.4. The van der Waals surface area contributed by atoms with Crippen molar-refractivity contribution in [1.29, 1.82) is 0 Å². The highest BCUT2D eigenvalue weighted by Gasteiger charge is 2.29. The number of anilines is 1. The van der Waals surface area contributed by atoms with Crippen LogP contribution >= 0.6 is 0 Å². The van der Waals surface area contributed by atoms with Crippen LogP contribution in [0.1, 0.15) is 23.6 Å². The van der Waals surface area contributed by atoms with Crippen LogP contribution in [-0.4, -0.2) is 23.8 Å². The van der Waals surface area contributed by atoms with Gasteiger partial charge in [0.2, 0.25) is 11.8 Å². The van der Waals surface area contributed by atoms with E-state index in [0.29, 0.717) is 11.3 Å². The molecule has 0 bridgehead atoms. The monoisotopic (exact) mass is 364 g/mol. The first-order valence-corrected chi connectivity index (χ1v) is 7.92. The van der Waals surface area contributed by atoms with E-state index in [1.54, 1.807) is 31.3 Å². The summed E-state index contributed by atoms with van der Waals surface area (Å²) in [5, 5.41) is 2.64. The van der Waals surface area contributed by atoms with Crippen LogP contribution in [0.2, 0.25) is 0 Å². The predicted molar refractivity (Wildman–Crippen MR) is 92.4 cm³/mol. The minimum absolute atomic E-state index is 0.155.